The quantitative estimate of drug-likeness (QED) is 0.693. The largest absolute Gasteiger partial charge is 0.293 e. The fourth-order valence-electron chi connectivity index (χ4n) is 1.96. The van der Waals surface area contributed by atoms with E-state index in [0.29, 0.717) is 11.3 Å². The minimum absolute atomic E-state index is 0.0669. The minimum Gasteiger partial charge on any atom is -0.293 e. The number of Topliss-reactive ketones (excluding diaryl/α,β-unsaturated/α-hetero) is 1. The number of hydrogen-bond donors (Lipinski definition) is 1. The Hall–Kier alpha value is -2.74. The smallest absolute Gasteiger partial charge is 0.178 e. The molecule has 0 atom stereocenters. The normalized spacial score (nSPS) is 12.0. The Morgan fingerprint density at radius 3 is 2.50 bits per heavy atom. The van der Waals surface area contributed by atoms with E-state index in [4.69, 9.17) is 0 Å². The Kier molecular flexibility index (Phi) is 4.22. The molecular formula is C17H16FN3O. The molecule has 0 radical (unpaired) electrons. The van der Waals surface area contributed by atoms with Crippen LogP contribution in [0.25, 0.3) is 17.3 Å². The van der Waals surface area contributed by atoms with Gasteiger partial charge < -0.3 is 0 Å². The highest BCUT2D eigenvalue weighted by Gasteiger charge is 2.25. The molecule has 1 aromatic carbocycles. The summed E-state index contributed by atoms with van der Waals surface area (Å²) in [6, 6.07) is 7.85. The van der Waals surface area contributed by atoms with Crippen LogP contribution >= 0.6 is 0 Å². The van der Waals surface area contributed by atoms with E-state index in [9.17, 15) is 14.4 Å². The zero-order valence-corrected chi connectivity index (χ0v) is 12.6. The fraction of sp³-hybridized carbons (Fsp3) is 0.235. The number of carbonyl (C=O) groups is 1. The number of ketones is 1. The van der Waals surface area contributed by atoms with Crippen LogP contribution in [-0.2, 0) is 4.79 Å². The minimum atomic E-state index is -0.638. The van der Waals surface area contributed by atoms with Crippen LogP contribution in [0.3, 0.4) is 0 Å². The zero-order chi connectivity index (χ0) is 16.3. The molecule has 1 heterocycles. The molecule has 1 aromatic heterocycles. The first-order valence-electron chi connectivity index (χ1n) is 6.79. The fourth-order valence-corrected chi connectivity index (χ4v) is 1.96. The van der Waals surface area contributed by atoms with Gasteiger partial charge in [0.1, 0.15) is 11.9 Å². The number of benzene rings is 1. The molecule has 112 valence electrons. The highest BCUT2D eigenvalue weighted by molar-refractivity contribution is 6.06. The SMILES string of the molecule is CC(C)(C)C(=O)/C(C#N)=C\c1cn[nH]c1-c1ccc(F)cc1. The number of nitrogens with zero attached hydrogens (tertiary/aromatic N) is 2. The molecule has 5 heteroatoms. The zero-order valence-electron chi connectivity index (χ0n) is 12.6. The summed E-state index contributed by atoms with van der Waals surface area (Å²) in [6.07, 6.45) is 3.04. The monoisotopic (exact) mass is 297 g/mol. The summed E-state index contributed by atoms with van der Waals surface area (Å²) in [5, 5.41) is 16.0. The van der Waals surface area contributed by atoms with Crippen molar-refractivity contribution in [3.63, 3.8) is 0 Å². The number of allylic oxidation sites excluding steroid dienone is 1. The molecule has 0 unspecified atom stereocenters. The van der Waals surface area contributed by atoms with Crippen molar-refractivity contribution in [3.8, 4) is 17.3 Å². The van der Waals surface area contributed by atoms with Crippen molar-refractivity contribution in [1.29, 1.82) is 5.26 Å². The van der Waals surface area contributed by atoms with Gasteiger partial charge >= 0.3 is 0 Å². The molecule has 0 aliphatic carbocycles. The average Bonchev–Trinajstić information content (AvgIpc) is 2.92. The number of carbonyl (C=O) groups excluding carboxylic acids is 1. The van der Waals surface area contributed by atoms with E-state index in [2.05, 4.69) is 10.2 Å². The van der Waals surface area contributed by atoms with Crippen LogP contribution in [0.15, 0.2) is 36.0 Å². The Balaban J connectivity index is 2.45. The summed E-state index contributed by atoms with van der Waals surface area (Å²) in [4.78, 5) is 12.2. The van der Waals surface area contributed by atoms with Gasteiger partial charge in [-0.25, -0.2) is 4.39 Å². The van der Waals surface area contributed by atoms with Crippen molar-refractivity contribution >= 4 is 11.9 Å². The summed E-state index contributed by atoms with van der Waals surface area (Å²) in [5.74, 6) is -0.567. The number of H-pyrrole nitrogens is 1. The Bertz CT molecular complexity index is 758. The van der Waals surface area contributed by atoms with Crippen molar-refractivity contribution in [2.45, 2.75) is 20.8 Å². The van der Waals surface area contributed by atoms with Crippen molar-refractivity contribution in [3.05, 3.63) is 47.4 Å². The molecule has 0 aliphatic rings. The molecule has 0 saturated heterocycles. The lowest BCUT2D eigenvalue weighted by atomic mass is 9.86. The predicted octanol–water partition coefficient (Wildman–Crippen LogP) is 3.74. The van der Waals surface area contributed by atoms with Gasteiger partial charge in [-0.15, -0.1) is 0 Å². The molecule has 4 nitrogen and oxygen atoms in total. The predicted molar refractivity (Wildman–Crippen MR) is 82.0 cm³/mol. The highest BCUT2D eigenvalue weighted by Crippen LogP contribution is 2.26. The van der Waals surface area contributed by atoms with E-state index in [1.165, 1.54) is 24.4 Å². The highest BCUT2D eigenvalue weighted by atomic mass is 19.1. The first-order chi connectivity index (χ1) is 10.3. The van der Waals surface area contributed by atoms with E-state index >= 15 is 0 Å². The van der Waals surface area contributed by atoms with E-state index in [-0.39, 0.29) is 17.2 Å². The molecule has 2 rings (SSSR count). The van der Waals surface area contributed by atoms with Crippen LogP contribution in [-0.4, -0.2) is 16.0 Å². The van der Waals surface area contributed by atoms with Crippen molar-refractivity contribution in [1.82, 2.24) is 10.2 Å². The maximum atomic E-state index is 13.0. The third-order valence-electron chi connectivity index (χ3n) is 3.15. The van der Waals surface area contributed by atoms with Gasteiger partial charge in [0.2, 0.25) is 0 Å². The van der Waals surface area contributed by atoms with Crippen LogP contribution in [0.5, 0.6) is 0 Å². The third kappa shape index (κ3) is 3.29. The summed E-state index contributed by atoms with van der Waals surface area (Å²) in [7, 11) is 0. The number of aromatic nitrogens is 2. The Morgan fingerprint density at radius 1 is 1.32 bits per heavy atom. The third-order valence-corrected chi connectivity index (χ3v) is 3.15. The van der Waals surface area contributed by atoms with Crippen molar-refractivity contribution in [2.75, 3.05) is 0 Å². The van der Waals surface area contributed by atoms with E-state index in [0.717, 1.165) is 5.56 Å². The van der Waals surface area contributed by atoms with Crippen LogP contribution < -0.4 is 0 Å². The number of aromatic amines is 1. The van der Waals surface area contributed by atoms with E-state index in [1.54, 1.807) is 32.9 Å². The molecule has 0 bridgehead atoms. The van der Waals surface area contributed by atoms with E-state index in [1.807, 2.05) is 6.07 Å². The molecule has 0 fully saturated rings. The van der Waals surface area contributed by atoms with Crippen molar-refractivity contribution < 1.29 is 9.18 Å². The van der Waals surface area contributed by atoms with Gasteiger partial charge in [0.05, 0.1) is 17.5 Å². The molecule has 22 heavy (non-hydrogen) atoms. The maximum absolute atomic E-state index is 13.0. The molecule has 0 amide bonds. The first kappa shape index (κ1) is 15.6. The molecule has 2 aromatic rings. The molecule has 0 spiro atoms. The summed E-state index contributed by atoms with van der Waals surface area (Å²) in [5.41, 5.74) is 1.40. The number of hydrogen-bond acceptors (Lipinski definition) is 3. The van der Waals surface area contributed by atoms with Gasteiger partial charge in [-0.2, -0.15) is 10.4 Å². The average molecular weight is 297 g/mol. The molecule has 0 aliphatic heterocycles. The molecule has 1 N–H and O–H groups in total. The second kappa shape index (κ2) is 5.94. The van der Waals surface area contributed by atoms with Crippen LogP contribution in [0.4, 0.5) is 4.39 Å². The second-order valence-corrected chi connectivity index (χ2v) is 5.96. The van der Waals surface area contributed by atoms with Crippen LogP contribution in [0.1, 0.15) is 26.3 Å². The van der Waals surface area contributed by atoms with Gasteiger partial charge in [-0.1, -0.05) is 20.8 Å². The Morgan fingerprint density at radius 2 is 1.95 bits per heavy atom. The van der Waals surface area contributed by atoms with Crippen LogP contribution in [0, 0.1) is 22.6 Å². The van der Waals surface area contributed by atoms with Gasteiger partial charge in [0, 0.05) is 16.5 Å². The molecular weight excluding hydrogens is 281 g/mol. The first-order valence-corrected chi connectivity index (χ1v) is 6.79. The number of nitriles is 1. The van der Waals surface area contributed by atoms with Gasteiger partial charge in [-0.3, -0.25) is 9.89 Å². The van der Waals surface area contributed by atoms with Gasteiger partial charge in [0.25, 0.3) is 0 Å². The lowest BCUT2D eigenvalue weighted by Crippen LogP contribution is -2.21. The Labute approximate surface area is 128 Å². The molecule has 0 saturated carbocycles. The van der Waals surface area contributed by atoms with Crippen LogP contribution in [0.2, 0.25) is 0 Å². The topological polar surface area (TPSA) is 69.5 Å². The number of nitrogens with one attached hydrogen (secondary N) is 1. The summed E-state index contributed by atoms with van der Waals surface area (Å²) in [6.45, 7) is 5.28. The van der Waals surface area contributed by atoms with E-state index < -0.39 is 5.41 Å². The van der Waals surface area contributed by atoms with Gasteiger partial charge in [-0.05, 0) is 30.3 Å². The summed E-state index contributed by atoms with van der Waals surface area (Å²) < 4.78 is 13.0. The standard InChI is InChI=1S/C17H16FN3O/c1-17(2,3)16(22)12(9-19)8-13-10-20-21-15(13)11-4-6-14(18)7-5-11/h4-8,10H,1-3H3,(H,20,21)/b12-8-. The van der Waals surface area contributed by atoms with Gasteiger partial charge in [0.15, 0.2) is 5.78 Å². The summed E-state index contributed by atoms with van der Waals surface area (Å²) >= 11 is 0. The number of halogens is 1. The number of rotatable bonds is 3. The second-order valence-electron chi connectivity index (χ2n) is 5.96. The van der Waals surface area contributed by atoms with Crippen molar-refractivity contribution in [2.24, 2.45) is 5.41 Å². The maximum Gasteiger partial charge on any atom is 0.178 e. The lowest BCUT2D eigenvalue weighted by molar-refractivity contribution is -0.121. The lowest BCUT2D eigenvalue weighted by Gasteiger charge is -2.15.